The highest BCUT2D eigenvalue weighted by Gasteiger charge is 2.08. The molecule has 0 aliphatic heterocycles. The highest BCUT2D eigenvalue weighted by atomic mass is 32.2. The number of methoxy groups -OCH3 is 1. The van der Waals surface area contributed by atoms with E-state index in [0.29, 0.717) is 0 Å². The van der Waals surface area contributed by atoms with Gasteiger partial charge in [0.25, 0.3) is 0 Å². The molecule has 0 radical (unpaired) electrons. The van der Waals surface area contributed by atoms with Crippen LogP contribution in [-0.4, -0.2) is 28.5 Å². The molecule has 0 saturated heterocycles. The number of hydrogen-bond donors (Lipinski definition) is 1. The molecule has 0 aliphatic rings. The Morgan fingerprint density at radius 2 is 2.24 bits per heavy atom. The van der Waals surface area contributed by atoms with Crippen molar-refractivity contribution in [1.29, 1.82) is 0 Å². The lowest BCUT2D eigenvalue weighted by Gasteiger charge is -2.10. The fraction of sp³-hybridized carbons (Fsp3) is 0.214. The lowest BCUT2D eigenvalue weighted by atomic mass is 10.1. The van der Waals surface area contributed by atoms with Crippen LogP contribution in [0, 0.1) is 0 Å². The topological polar surface area (TPSA) is 59.9 Å². The van der Waals surface area contributed by atoms with Gasteiger partial charge in [0.15, 0.2) is 4.34 Å². The van der Waals surface area contributed by atoms with Gasteiger partial charge >= 0.3 is 0 Å². The van der Waals surface area contributed by atoms with E-state index in [1.54, 1.807) is 25.2 Å². The summed E-state index contributed by atoms with van der Waals surface area (Å²) in [6.45, 7) is 0. The third-order valence-corrected chi connectivity index (χ3v) is 4.88. The molecule has 1 aromatic carbocycles. The van der Waals surface area contributed by atoms with Gasteiger partial charge in [0.1, 0.15) is 17.9 Å². The second-order valence-electron chi connectivity index (χ2n) is 4.30. The monoisotopic (exact) mass is 318 g/mol. The molecule has 3 rings (SSSR count). The molecular formula is C14H14N4OS2. The summed E-state index contributed by atoms with van der Waals surface area (Å²) in [7, 11) is 3.54. The summed E-state index contributed by atoms with van der Waals surface area (Å²) in [5, 5.41) is 4.26. The van der Waals surface area contributed by atoms with Crippen molar-refractivity contribution in [2.75, 3.05) is 19.5 Å². The van der Waals surface area contributed by atoms with E-state index in [9.17, 15) is 0 Å². The highest BCUT2D eigenvalue weighted by molar-refractivity contribution is 8.00. The Kier molecular flexibility index (Phi) is 4.21. The van der Waals surface area contributed by atoms with E-state index >= 15 is 0 Å². The minimum Gasteiger partial charge on any atom is -0.497 e. The van der Waals surface area contributed by atoms with Gasteiger partial charge in [-0.25, -0.2) is 9.97 Å². The first kappa shape index (κ1) is 14.1. The van der Waals surface area contributed by atoms with Crippen LogP contribution < -0.4 is 10.1 Å². The summed E-state index contributed by atoms with van der Waals surface area (Å²) < 4.78 is 10.2. The predicted octanol–water partition coefficient (Wildman–Crippen LogP) is 3.43. The van der Waals surface area contributed by atoms with Crippen LogP contribution in [0.4, 0.5) is 5.82 Å². The van der Waals surface area contributed by atoms with Gasteiger partial charge in [0, 0.05) is 29.8 Å². The van der Waals surface area contributed by atoms with E-state index in [2.05, 4.69) is 25.7 Å². The molecule has 1 N–H and O–H groups in total. The summed E-state index contributed by atoms with van der Waals surface area (Å²) in [6, 6.07) is 8.07. The molecule has 0 fully saturated rings. The first-order chi connectivity index (χ1) is 10.3. The van der Waals surface area contributed by atoms with Gasteiger partial charge in [-0.05, 0) is 29.7 Å². The molecule has 3 aromatic rings. The average molecular weight is 318 g/mol. The standard InChI is InChI=1S/C14H14N4OS2/c1-15-13-10(7-20-14-16-8-17-21-14)5-9-3-4-11(19-2)6-12(9)18-13/h3-6,8H,7H2,1-2H3,(H,15,18). The molecule has 0 spiro atoms. The molecule has 2 aromatic heterocycles. The van der Waals surface area contributed by atoms with E-state index in [-0.39, 0.29) is 0 Å². The maximum Gasteiger partial charge on any atom is 0.170 e. The number of pyridine rings is 1. The van der Waals surface area contributed by atoms with Crippen molar-refractivity contribution in [2.45, 2.75) is 10.1 Å². The van der Waals surface area contributed by atoms with Crippen molar-refractivity contribution in [2.24, 2.45) is 0 Å². The van der Waals surface area contributed by atoms with E-state index in [0.717, 1.165) is 38.1 Å². The molecule has 0 amide bonds. The maximum absolute atomic E-state index is 5.24. The van der Waals surface area contributed by atoms with Crippen LogP contribution >= 0.6 is 23.3 Å². The van der Waals surface area contributed by atoms with Crippen LogP contribution in [-0.2, 0) is 5.75 Å². The number of rotatable bonds is 5. The van der Waals surface area contributed by atoms with Gasteiger partial charge in [0.05, 0.1) is 12.6 Å². The number of ether oxygens (including phenoxy) is 1. The predicted molar refractivity (Wildman–Crippen MR) is 87.3 cm³/mol. The summed E-state index contributed by atoms with van der Waals surface area (Å²) in [5.41, 5.74) is 2.07. The minimum atomic E-state index is 0.806. The third kappa shape index (κ3) is 3.08. The lowest BCUT2D eigenvalue weighted by molar-refractivity contribution is 0.415. The first-order valence-corrected chi connectivity index (χ1v) is 8.11. The number of nitrogens with zero attached hydrogens (tertiary/aromatic N) is 3. The van der Waals surface area contributed by atoms with Crippen LogP contribution in [0.5, 0.6) is 5.75 Å². The SMILES string of the molecule is CNc1nc2cc(OC)ccc2cc1CSc1ncns1. The van der Waals surface area contributed by atoms with E-state index in [1.807, 2.05) is 25.2 Å². The van der Waals surface area contributed by atoms with Crippen LogP contribution in [0.15, 0.2) is 34.9 Å². The van der Waals surface area contributed by atoms with Crippen LogP contribution in [0.25, 0.3) is 10.9 Å². The molecule has 0 aliphatic carbocycles. The van der Waals surface area contributed by atoms with Crippen LogP contribution in [0.3, 0.4) is 0 Å². The lowest BCUT2D eigenvalue weighted by Crippen LogP contribution is -1.98. The van der Waals surface area contributed by atoms with E-state index in [4.69, 9.17) is 4.74 Å². The van der Waals surface area contributed by atoms with Crippen molar-refractivity contribution in [3.05, 3.63) is 36.2 Å². The Labute approximate surface area is 130 Å². The Bertz CT molecular complexity index is 746. The van der Waals surface area contributed by atoms with Gasteiger partial charge in [-0.1, -0.05) is 11.8 Å². The second-order valence-corrected chi connectivity index (χ2v) is 6.30. The van der Waals surface area contributed by atoms with Crippen molar-refractivity contribution in [3.8, 4) is 5.75 Å². The molecule has 0 atom stereocenters. The van der Waals surface area contributed by atoms with Gasteiger partial charge in [-0.15, -0.1) is 0 Å². The zero-order valence-corrected chi connectivity index (χ0v) is 13.3. The van der Waals surface area contributed by atoms with Crippen molar-refractivity contribution in [3.63, 3.8) is 0 Å². The molecule has 0 unspecified atom stereocenters. The summed E-state index contributed by atoms with van der Waals surface area (Å²) in [5.74, 6) is 2.50. The fourth-order valence-corrected chi connectivity index (χ4v) is 3.43. The highest BCUT2D eigenvalue weighted by Crippen LogP contribution is 2.29. The first-order valence-electron chi connectivity index (χ1n) is 6.35. The summed E-state index contributed by atoms with van der Waals surface area (Å²) >= 11 is 3.07. The largest absolute Gasteiger partial charge is 0.497 e. The number of benzene rings is 1. The maximum atomic E-state index is 5.24. The Morgan fingerprint density at radius 1 is 1.33 bits per heavy atom. The van der Waals surface area contributed by atoms with Crippen LogP contribution in [0.2, 0.25) is 0 Å². The number of nitrogens with one attached hydrogen (secondary N) is 1. The van der Waals surface area contributed by atoms with Gasteiger partial charge in [-0.3, -0.25) is 0 Å². The normalized spacial score (nSPS) is 10.8. The van der Waals surface area contributed by atoms with E-state index < -0.39 is 0 Å². The average Bonchev–Trinajstić information content (AvgIpc) is 3.04. The zero-order chi connectivity index (χ0) is 14.7. The molecule has 108 valence electrons. The smallest absolute Gasteiger partial charge is 0.170 e. The van der Waals surface area contributed by atoms with Gasteiger partial charge in [-0.2, -0.15) is 4.37 Å². The van der Waals surface area contributed by atoms with Crippen molar-refractivity contribution < 1.29 is 4.74 Å². The van der Waals surface area contributed by atoms with E-state index in [1.165, 1.54) is 11.5 Å². The molecule has 5 nitrogen and oxygen atoms in total. The zero-order valence-electron chi connectivity index (χ0n) is 11.7. The molecule has 0 saturated carbocycles. The van der Waals surface area contributed by atoms with Gasteiger partial charge < -0.3 is 10.1 Å². The minimum absolute atomic E-state index is 0.806. The molecule has 21 heavy (non-hydrogen) atoms. The molecule has 2 heterocycles. The van der Waals surface area contributed by atoms with Gasteiger partial charge in [0.2, 0.25) is 0 Å². The number of hydrogen-bond acceptors (Lipinski definition) is 7. The number of thioether (sulfide) groups is 1. The van der Waals surface area contributed by atoms with Crippen molar-refractivity contribution in [1.82, 2.24) is 14.3 Å². The van der Waals surface area contributed by atoms with Crippen LogP contribution in [0.1, 0.15) is 5.56 Å². The number of aromatic nitrogens is 3. The summed E-state index contributed by atoms with van der Waals surface area (Å²) in [4.78, 5) is 8.85. The molecule has 7 heteroatoms. The molecular weight excluding hydrogens is 304 g/mol. The third-order valence-electron chi connectivity index (χ3n) is 3.03. The number of anilines is 1. The Hall–Kier alpha value is -1.86. The second kappa shape index (κ2) is 6.28. The Morgan fingerprint density at radius 3 is 2.95 bits per heavy atom. The van der Waals surface area contributed by atoms with Crippen molar-refractivity contribution >= 4 is 40.0 Å². The summed E-state index contributed by atoms with van der Waals surface area (Å²) in [6.07, 6.45) is 1.58. The number of fused-ring (bicyclic) bond motifs is 1. The molecule has 0 bridgehead atoms. The fourth-order valence-electron chi connectivity index (χ4n) is 2.01. The Balaban J connectivity index is 1.93. The quantitative estimate of drug-likeness (QED) is 0.727.